The van der Waals surface area contributed by atoms with Crippen LogP contribution < -0.4 is 4.90 Å². The van der Waals surface area contributed by atoms with Crippen molar-refractivity contribution in [3.05, 3.63) is 64.7 Å². The molecule has 132 valence electrons. The average molecular weight is 372 g/mol. The van der Waals surface area contributed by atoms with Crippen LogP contribution in [0.3, 0.4) is 0 Å². The van der Waals surface area contributed by atoms with E-state index in [2.05, 4.69) is 10.1 Å². The number of hydrogen-bond donors (Lipinski definition) is 0. The third-order valence-corrected chi connectivity index (χ3v) is 4.63. The lowest BCUT2D eigenvalue weighted by Crippen LogP contribution is -2.25. The second-order valence-corrected chi connectivity index (χ2v) is 6.76. The molecule has 1 aliphatic heterocycles. The van der Waals surface area contributed by atoms with Gasteiger partial charge in [-0.15, -0.1) is 0 Å². The monoisotopic (exact) mass is 371 g/mol. The third kappa shape index (κ3) is 3.08. The molecule has 1 unspecified atom stereocenters. The van der Waals surface area contributed by atoms with E-state index in [-0.39, 0.29) is 29.0 Å². The molecule has 1 fully saturated rings. The summed E-state index contributed by atoms with van der Waals surface area (Å²) in [7, 11) is 0. The van der Waals surface area contributed by atoms with Crippen molar-refractivity contribution >= 4 is 23.2 Å². The average Bonchev–Trinajstić information content (AvgIpc) is 3.22. The minimum absolute atomic E-state index is 0.182. The van der Waals surface area contributed by atoms with Gasteiger partial charge in [0.2, 0.25) is 5.91 Å². The van der Waals surface area contributed by atoms with Crippen LogP contribution in [0.15, 0.2) is 47.0 Å². The van der Waals surface area contributed by atoms with Crippen LogP contribution in [0.4, 0.5) is 10.1 Å². The summed E-state index contributed by atoms with van der Waals surface area (Å²) in [5.41, 5.74) is 2.13. The lowest BCUT2D eigenvalue weighted by atomic mass is 10.1. The highest BCUT2D eigenvalue weighted by atomic mass is 35.5. The van der Waals surface area contributed by atoms with Crippen molar-refractivity contribution in [3.63, 3.8) is 0 Å². The first-order chi connectivity index (χ1) is 12.5. The summed E-state index contributed by atoms with van der Waals surface area (Å²) in [4.78, 5) is 18.2. The van der Waals surface area contributed by atoms with Crippen LogP contribution in [0.5, 0.6) is 0 Å². The molecule has 1 aromatic heterocycles. The highest BCUT2D eigenvalue weighted by molar-refractivity contribution is 6.30. The highest BCUT2D eigenvalue weighted by Gasteiger charge is 2.35. The summed E-state index contributed by atoms with van der Waals surface area (Å²) < 4.78 is 19.5. The summed E-state index contributed by atoms with van der Waals surface area (Å²) in [5.74, 6) is -0.0999. The Morgan fingerprint density at radius 2 is 2.12 bits per heavy atom. The van der Waals surface area contributed by atoms with Crippen molar-refractivity contribution in [1.29, 1.82) is 0 Å². The van der Waals surface area contributed by atoms with Crippen molar-refractivity contribution in [2.75, 3.05) is 11.4 Å². The first-order valence-corrected chi connectivity index (χ1v) is 8.55. The summed E-state index contributed by atoms with van der Waals surface area (Å²) in [6, 6.07) is 12.0. The number of amides is 1. The zero-order valence-corrected chi connectivity index (χ0v) is 14.7. The van der Waals surface area contributed by atoms with Crippen LogP contribution in [0.25, 0.3) is 11.5 Å². The fraction of sp³-hybridized carbons (Fsp3) is 0.211. The maximum absolute atomic E-state index is 14.1. The van der Waals surface area contributed by atoms with Crippen LogP contribution in [-0.4, -0.2) is 22.6 Å². The quantitative estimate of drug-likeness (QED) is 0.686. The minimum Gasteiger partial charge on any atom is -0.334 e. The smallest absolute Gasteiger partial charge is 0.257 e. The van der Waals surface area contributed by atoms with Crippen LogP contribution in [0, 0.1) is 12.7 Å². The minimum atomic E-state index is -0.528. The van der Waals surface area contributed by atoms with Gasteiger partial charge in [-0.2, -0.15) is 4.98 Å². The van der Waals surface area contributed by atoms with Gasteiger partial charge in [0.05, 0.1) is 5.69 Å². The summed E-state index contributed by atoms with van der Waals surface area (Å²) in [6.45, 7) is 2.28. The molecule has 0 aliphatic carbocycles. The number of halogens is 2. The van der Waals surface area contributed by atoms with Gasteiger partial charge in [0.25, 0.3) is 5.89 Å². The Labute approximate surface area is 154 Å². The Balaban J connectivity index is 1.58. The van der Waals surface area contributed by atoms with Gasteiger partial charge in [0, 0.05) is 29.5 Å². The molecule has 1 saturated heterocycles. The number of carbonyl (C=O) groups excluding carboxylic acids is 1. The van der Waals surface area contributed by atoms with Crippen molar-refractivity contribution in [2.24, 2.45) is 0 Å². The molecule has 5 nitrogen and oxygen atoms in total. The van der Waals surface area contributed by atoms with Crippen molar-refractivity contribution in [1.82, 2.24) is 10.1 Å². The Hall–Kier alpha value is -2.73. The third-order valence-electron chi connectivity index (χ3n) is 4.40. The van der Waals surface area contributed by atoms with E-state index >= 15 is 0 Å². The summed E-state index contributed by atoms with van der Waals surface area (Å²) in [6.07, 6.45) is 0.203. The first kappa shape index (κ1) is 16.7. The van der Waals surface area contributed by atoms with E-state index in [0.29, 0.717) is 18.3 Å². The van der Waals surface area contributed by atoms with Gasteiger partial charge >= 0.3 is 0 Å². The molecular weight excluding hydrogens is 357 g/mol. The fourth-order valence-electron chi connectivity index (χ4n) is 3.11. The normalized spacial score (nSPS) is 17.1. The Bertz CT molecular complexity index is 988. The van der Waals surface area contributed by atoms with Crippen molar-refractivity contribution in [2.45, 2.75) is 19.3 Å². The SMILES string of the molecule is Cc1cccc(-c2nc(C3CC(=O)N(c4ccc(Cl)cc4F)C3)no2)c1. The maximum atomic E-state index is 14.1. The second kappa shape index (κ2) is 6.53. The Kier molecular flexibility index (Phi) is 4.20. The van der Waals surface area contributed by atoms with E-state index in [1.54, 1.807) is 6.07 Å². The lowest BCUT2D eigenvalue weighted by molar-refractivity contribution is -0.117. The number of aryl methyl sites for hydroxylation is 1. The highest BCUT2D eigenvalue weighted by Crippen LogP contribution is 2.33. The number of anilines is 1. The Morgan fingerprint density at radius 1 is 1.27 bits per heavy atom. The molecule has 1 aliphatic rings. The first-order valence-electron chi connectivity index (χ1n) is 8.17. The van der Waals surface area contributed by atoms with Gasteiger partial charge in [-0.3, -0.25) is 4.79 Å². The molecule has 0 N–H and O–H groups in total. The number of aromatic nitrogens is 2. The predicted octanol–water partition coefficient (Wildman–Crippen LogP) is 4.36. The molecule has 0 radical (unpaired) electrons. The number of hydrogen-bond acceptors (Lipinski definition) is 4. The predicted molar refractivity (Wildman–Crippen MR) is 95.6 cm³/mol. The molecular formula is C19H15ClFN3O2. The van der Waals surface area contributed by atoms with Crippen LogP contribution >= 0.6 is 11.6 Å². The van der Waals surface area contributed by atoms with Gasteiger partial charge in [0.1, 0.15) is 5.82 Å². The van der Waals surface area contributed by atoms with Gasteiger partial charge < -0.3 is 9.42 Å². The molecule has 0 spiro atoms. The van der Waals surface area contributed by atoms with Crippen LogP contribution in [0.1, 0.15) is 23.7 Å². The van der Waals surface area contributed by atoms with E-state index in [9.17, 15) is 9.18 Å². The van der Waals surface area contributed by atoms with E-state index in [1.807, 2.05) is 31.2 Å². The molecule has 7 heteroatoms. The van der Waals surface area contributed by atoms with Crippen LogP contribution in [0.2, 0.25) is 5.02 Å². The number of rotatable bonds is 3. The van der Waals surface area contributed by atoms with Crippen LogP contribution in [-0.2, 0) is 4.79 Å². The summed E-state index contributed by atoms with van der Waals surface area (Å²) in [5, 5.41) is 4.31. The van der Waals surface area contributed by atoms with E-state index < -0.39 is 5.82 Å². The second-order valence-electron chi connectivity index (χ2n) is 6.33. The zero-order valence-electron chi connectivity index (χ0n) is 13.9. The van der Waals surface area contributed by atoms with Gasteiger partial charge in [-0.05, 0) is 37.3 Å². The van der Waals surface area contributed by atoms with Gasteiger partial charge in [-0.1, -0.05) is 34.5 Å². The molecule has 0 saturated carbocycles. The largest absolute Gasteiger partial charge is 0.334 e. The molecule has 0 bridgehead atoms. The maximum Gasteiger partial charge on any atom is 0.257 e. The molecule has 3 aromatic rings. The standard InChI is InChI=1S/C19H15ClFN3O2/c1-11-3-2-4-12(7-11)19-22-18(23-26-19)13-8-17(25)24(10-13)16-6-5-14(20)9-15(16)21/h2-7,9,13H,8,10H2,1H3. The number of carbonyl (C=O) groups is 1. The molecule has 26 heavy (non-hydrogen) atoms. The van der Waals surface area contributed by atoms with E-state index in [1.165, 1.54) is 17.0 Å². The number of benzene rings is 2. The molecule has 1 amide bonds. The van der Waals surface area contributed by atoms with Crippen molar-refractivity contribution in [3.8, 4) is 11.5 Å². The Morgan fingerprint density at radius 3 is 2.88 bits per heavy atom. The van der Waals surface area contributed by atoms with Gasteiger partial charge in [0.15, 0.2) is 5.82 Å². The summed E-state index contributed by atoms with van der Waals surface area (Å²) >= 11 is 5.78. The molecule has 2 heterocycles. The molecule has 4 rings (SSSR count). The number of nitrogens with zero attached hydrogens (tertiary/aromatic N) is 3. The molecule has 1 atom stereocenters. The van der Waals surface area contributed by atoms with E-state index in [0.717, 1.165) is 11.1 Å². The zero-order chi connectivity index (χ0) is 18.3. The van der Waals surface area contributed by atoms with Gasteiger partial charge in [-0.25, -0.2) is 4.39 Å². The fourth-order valence-corrected chi connectivity index (χ4v) is 3.27. The topological polar surface area (TPSA) is 59.2 Å². The molecule has 2 aromatic carbocycles. The van der Waals surface area contributed by atoms with E-state index in [4.69, 9.17) is 16.1 Å². The van der Waals surface area contributed by atoms with Crippen molar-refractivity contribution < 1.29 is 13.7 Å². The lowest BCUT2D eigenvalue weighted by Gasteiger charge is -2.17.